The molecule has 1 aliphatic heterocycles. The van der Waals surface area contributed by atoms with E-state index in [0.29, 0.717) is 24.4 Å². The second-order valence-electron chi connectivity index (χ2n) is 5.55. The van der Waals surface area contributed by atoms with Gasteiger partial charge in [0.2, 0.25) is 0 Å². The molecule has 0 bridgehead atoms. The number of nitrogens with zero attached hydrogens (tertiary/aromatic N) is 1. The molecule has 1 atom stereocenters. The molecule has 1 aliphatic rings. The standard InChI is InChI=1S/C17H17F3N2O/c1-22-10-11(9-21)23-16-13(6-4-8-15(16)22)12-5-2-3-7-14(12)17(18,19)20/h2-8,11H,9-10,21H2,1H3/t11-/m1/s1. The molecule has 0 fully saturated rings. The van der Waals surface area contributed by atoms with Crippen molar-refractivity contribution in [2.24, 2.45) is 5.73 Å². The summed E-state index contributed by atoms with van der Waals surface area (Å²) in [7, 11) is 1.88. The van der Waals surface area contributed by atoms with Crippen LogP contribution in [0, 0.1) is 0 Å². The lowest BCUT2D eigenvalue weighted by molar-refractivity contribution is -0.137. The summed E-state index contributed by atoms with van der Waals surface area (Å²) in [4.78, 5) is 1.95. The Balaban J connectivity index is 2.18. The van der Waals surface area contributed by atoms with E-state index in [4.69, 9.17) is 10.5 Å². The van der Waals surface area contributed by atoms with Crippen LogP contribution in [-0.2, 0) is 6.18 Å². The summed E-state index contributed by atoms with van der Waals surface area (Å²) in [5.74, 6) is 0.452. The van der Waals surface area contributed by atoms with E-state index in [1.807, 2.05) is 18.0 Å². The first-order chi connectivity index (χ1) is 10.9. The minimum Gasteiger partial charge on any atom is -0.484 e. The largest absolute Gasteiger partial charge is 0.484 e. The molecule has 0 saturated heterocycles. The molecule has 0 spiro atoms. The maximum absolute atomic E-state index is 13.3. The van der Waals surface area contributed by atoms with Gasteiger partial charge in [-0.1, -0.05) is 30.3 Å². The van der Waals surface area contributed by atoms with E-state index in [0.717, 1.165) is 11.8 Å². The van der Waals surface area contributed by atoms with Gasteiger partial charge in [-0.3, -0.25) is 0 Å². The fourth-order valence-corrected chi connectivity index (χ4v) is 2.86. The second kappa shape index (κ2) is 5.77. The van der Waals surface area contributed by atoms with Crippen molar-refractivity contribution in [3.05, 3.63) is 48.0 Å². The van der Waals surface area contributed by atoms with Crippen molar-refractivity contribution in [3.63, 3.8) is 0 Å². The highest BCUT2D eigenvalue weighted by Gasteiger charge is 2.35. The van der Waals surface area contributed by atoms with Crippen LogP contribution < -0.4 is 15.4 Å². The highest BCUT2D eigenvalue weighted by molar-refractivity contribution is 5.81. The third kappa shape index (κ3) is 2.86. The molecule has 2 aromatic rings. The maximum atomic E-state index is 13.3. The number of fused-ring (bicyclic) bond motifs is 1. The van der Waals surface area contributed by atoms with Crippen molar-refractivity contribution in [2.45, 2.75) is 12.3 Å². The van der Waals surface area contributed by atoms with Crippen molar-refractivity contribution < 1.29 is 17.9 Å². The summed E-state index contributed by atoms with van der Waals surface area (Å²) >= 11 is 0. The average Bonchev–Trinajstić information content (AvgIpc) is 2.53. The van der Waals surface area contributed by atoms with Crippen molar-refractivity contribution in [1.82, 2.24) is 0 Å². The molecule has 1 heterocycles. The van der Waals surface area contributed by atoms with Gasteiger partial charge in [0, 0.05) is 19.2 Å². The molecule has 122 valence electrons. The molecule has 0 aliphatic carbocycles. The van der Waals surface area contributed by atoms with Crippen molar-refractivity contribution in [3.8, 4) is 16.9 Å². The van der Waals surface area contributed by atoms with Crippen LogP contribution in [0.5, 0.6) is 5.75 Å². The molecule has 0 radical (unpaired) electrons. The van der Waals surface area contributed by atoms with Crippen LogP contribution in [0.3, 0.4) is 0 Å². The van der Waals surface area contributed by atoms with E-state index in [1.54, 1.807) is 18.2 Å². The van der Waals surface area contributed by atoms with Crippen LogP contribution in [0.1, 0.15) is 5.56 Å². The van der Waals surface area contributed by atoms with Gasteiger partial charge in [0.25, 0.3) is 0 Å². The molecule has 23 heavy (non-hydrogen) atoms. The first-order valence-electron chi connectivity index (χ1n) is 7.29. The average molecular weight is 322 g/mol. The number of hydrogen-bond acceptors (Lipinski definition) is 3. The first kappa shape index (κ1) is 15.7. The second-order valence-corrected chi connectivity index (χ2v) is 5.55. The normalized spacial score (nSPS) is 17.6. The number of nitrogens with two attached hydrogens (primary N) is 1. The fourth-order valence-electron chi connectivity index (χ4n) is 2.86. The Labute approximate surface area is 132 Å². The van der Waals surface area contributed by atoms with E-state index >= 15 is 0 Å². The van der Waals surface area contributed by atoms with Crippen LogP contribution in [0.2, 0.25) is 0 Å². The number of likely N-dealkylation sites (N-methyl/N-ethyl adjacent to an activating group) is 1. The lowest BCUT2D eigenvalue weighted by Gasteiger charge is -2.34. The quantitative estimate of drug-likeness (QED) is 0.919. The summed E-state index contributed by atoms with van der Waals surface area (Å²) in [6, 6.07) is 10.8. The number of alkyl halides is 3. The highest BCUT2D eigenvalue weighted by Crippen LogP contribution is 2.45. The monoisotopic (exact) mass is 322 g/mol. The fraction of sp³-hybridized carbons (Fsp3) is 0.294. The maximum Gasteiger partial charge on any atom is 0.417 e. The Bertz CT molecular complexity index is 715. The van der Waals surface area contributed by atoms with E-state index in [9.17, 15) is 13.2 Å². The van der Waals surface area contributed by atoms with E-state index < -0.39 is 11.7 Å². The van der Waals surface area contributed by atoms with Gasteiger partial charge in [-0.25, -0.2) is 0 Å². The van der Waals surface area contributed by atoms with Gasteiger partial charge in [0.05, 0.1) is 17.8 Å². The number of benzene rings is 2. The highest BCUT2D eigenvalue weighted by atomic mass is 19.4. The number of rotatable bonds is 2. The lowest BCUT2D eigenvalue weighted by Crippen LogP contribution is -2.42. The van der Waals surface area contributed by atoms with Gasteiger partial charge >= 0.3 is 6.18 Å². The van der Waals surface area contributed by atoms with Crippen LogP contribution in [-0.4, -0.2) is 26.2 Å². The minimum atomic E-state index is -4.42. The molecule has 3 nitrogen and oxygen atoms in total. The summed E-state index contributed by atoms with van der Waals surface area (Å²) < 4.78 is 45.8. The minimum absolute atomic E-state index is 0.114. The Kier molecular flexibility index (Phi) is 3.93. The molecule has 0 unspecified atom stereocenters. The van der Waals surface area contributed by atoms with E-state index in [1.165, 1.54) is 12.1 Å². The molecular formula is C17H17F3N2O. The summed E-state index contributed by atoms with van der Waals surface area (Å²) in [5.41, 5.74) is 6.32. The molecule has 3 rings (SSSR count). The number of para-hydroxylation sites is 1. The van der Waals surface area contributed by atoms with Crippen LogP contribution >= 0.6 is 0 Å². The van der Waals surface area contributed by atoms with Gasteiger partial charge in [-0.05, 0) is 17.7 Å². The Hall–Kier alpha value is -2.21. The Morgan fingerprint density at radius 3 is 2.52 bits per heavy atom. The SMILES string of the molecule is CN1C[C@@H](CN)Oc2c(-c3ccccc3C(F)(F)F)cccc21. The zero-order valence-electron chi connectivity index (χ0n) is 12.6. The van der Waals surface area contributed by atoms with Crippen LogP contribution in [0.15, 0.2) is 42.5 Å². The van der Waals surface area contributed by atoms with Gasteiger partial charge in [-0.15, -0.1) is 0 Å². The predicted molar refractivity (Wildman–Crippen MR) is 83.6 cm³/mol. The lowest BCUT2D eigenvalue weighted by atomic mass is 9.97. The summed E-state index contributed by atoms with van der Waals surface area (Å²) in [6.07, 6.45) is -4.67. The zero-order valence-corrected chi connectivity index (χ0v) is 12.6. The van der Waals surface area contributed by atoms with Gasteiger partial charge < -0.3 is 15.4 Å². The van der Waals surface area contributed by atoms with Gasteiger partial charge in [-0.2, -0.15) is 13.2 Å². The molecule has 6 heteroatoms. The number of hydrogen-bond donors (Lipinski definition) is 1. The Morgan fingerprint density at radius 2 is 1.83 bits per heavy atom. The molecule has 0 saturated carbocycles. The van der Waals surface area contributed by atoms with Crippen molar-refractivity contribution >= 4 is 5.69 Å². The molecular weight excluding hydrogens is 305 g/mol. The van der Waals surface area contributed by atoms with Gasteiger partial charge in [0.1, 0.15) is 6.10 Å². The molecule has 2 N–H and O–H groups in total. The molecule has 0 aromatic heterocycles. The third-order valence-electron chi connectivity index (χ3n) is 3.95. The predicted octanol–water partition coefficient (Wildman–Crippen LogP) is 3.53. The Morgan fingerprint density at radius 1 is 1.13 bits per heavy atom. The van der Waals surface area contributed by atoms with E-state index in [-0.39, 0.29) is 11.7 Å². The van der Waals surface area contributed by atoms with Crippen molar-refractivity contribution in [2.75, 3.05) is 25.0 Å². The smallest absolute Gasteiger partial charge is 0.417 e. The van der Waals surface area contributed by atoms with Crippen molar-refractivity contribution in [1.29, 1.82) is 0 Å². The zero-order chi connectivity index (χ0) is 16.6. The van der Waals surface area contributed by atoms with Gasteiger partial charge in [0.15, 0.2) is 5.75 Å². The number of halogens is 3. The number of ether oxygens (including phenoxy) is 1. The third-order valence-corrected chi connectivity index (χ3v) is 3.95. The van der Waals surface area contributed by atoms with Crippen LogP contribution in [0.4, 0.5) is 18.9 Å². The first-order valence-corrected chi connectivity index (χ1v) is 7.29. The summed E-state index contributed by atoms with van der Waals surface area (Å²) in [5, 5.41) is 0. The van der Waals surface area contributed by atoms with E-state index in [2.05, 4.69) is 0 Å². The summed E-state index contributed by atoms with van der Waals surface area (Å²) in [6.45, 7) is 0.910. The molecule has 2 aromatic carbocycles. The number of anilines is 1. The van der Waals surface area contributed by atoms with Crippen LogP contribution in [0.25, 0.3) is 11.1 Å². The topological polar surface area (TPSA) is 38.5 Å². The molecule has 0 amide bonds.